The molecule has 1 aromatic heterocycles. The van der Waals surface area contributed by atoms with Crippen molar-refractivity contribution in [1.29, 1.82) is 0 Å². The first-order valence-corrected chi connectivity index (χ1v) is 9.15. The SMILES string of the molecule is Cn1cnc(C(=O)N2CC[C@@H]3O[C@@](C)(COc4ccccc4)C[C@@H]3C2)c1. The Hall–Kier alpha value is -2.34. The van der Waals surface area contributed by atoms with E-state index in [-0.39, 0.29) is 17.6 Å². The number of carbonyl (C=O) groups excluding carboxylic acids is 1. The normalized spacial score (nSPS) is 28.0. The Morgan fingerprint density at radius 3 is 2.92 bits per heavy atom. The van der Waals surface area contributed by atoms with Crippen LogP contribution in [0, 0.1) is 5.92 Å². The van der Waals surface area contributed by atoms with Crippen molar-refractivity contribution in [2.24, 2.45) is 13.0 Å². The summed E-state index contributed by atoms with van der Waals surface area (Å²) in [5.74, 6) is 1.22. The van der Waals surface area contributed by atoms with Gasteiger partial charge in [-0.05, 0) is 31.9 Å². The number of likely N-dealkylation sites (tertiary alicyclic amines) is 1. The number of imidazole rings is 1. The highest BCUT2D eigenvalue weighted by atomic mass is 16.6. The molecule has 4 rings (SSSR count). The van der Waals surface area contributed by atoms with Crippen LogP contribution < -0.4 is 4.74 Å². The van der Waals surface area contributed by atoms with Crippen molar-refractivity contribution in [3.8, 4) is 5.75 Å². The number of rotatable bonds is 4. The zero-order valence-corrected chi connectivity index (χ0v) is 15.3. The molecule has 2 aliphatic rings. The van der Waals surface area contributed by atoms with Gasteiger partial charge in [0.25, 0.3) is 5.91 Å². The van der Waals surface area contributed by atoms with E-state index in [4.69, 9.17) is 9.47 Å². The molecule has 1 aromatic carbocycles. The van der Waals surface area contributed by atoms with Crippen LogP contribution in [0.5, 0.6) is 5.75 Å². The first kappa shape index (κ1) is 17.1. The van der Waals surface area contributed by atoms with E-state index < -0.39 is 0 Å². The van der Waals surface area contributed by atoms with Crippen LogP contribution in [-0.4, -0.2) is 51.8 Å². The Labute approximate surface area is 153 Å². The van der Waals surface area contributed by atoms with Crippen LogP contribution in [0.15, 0.2) is 42.9 Å². The predicted octanol–water partition coefficient (Wildman–Crippen LogP) is 2.51. The summed E-state index contributed by atoms with van der Waals surface area (Å²) >= 11 is 0. The van der Waals surface area contributed by atoms with Gasteiger partial charge in [-0.1, -0.05) is 18.2 Å². The molecular weight excluding hydrogens is 330 g/mol. The topological polar surface area (TPSA) is 56.6 Å². The Bertz CT molecular complexity index is 776. The first-order valence-electron chi connectivity index (χ1n) is 9.15. The van der Waals surface area contributed by atoms with Gasteiger partial charge in [0, 0.05) is 32.3 Å². The molecule has 1 amide bonds. The number of aromatic nitrogens is 2. The molecular formula is C20H25N3O3. The maximum Gasteiger partial charge on any atom is 0.274 e. The van der Waals surface area contributed by atoms with Crippen LogP contribution >= 0.6 is 0 Å². The van der Waals surface area contributed by atoms with Crippen molar-refractivity contribution in [3.63, 3.8) is 0 Å². The van der Waals surface area contributed by atoms with Gasteiger partial charge in [-0.15, -0.1) is 0 Å². The van der Waals surface area contributed by atoms with Gasteiger partial charge in [-0.2, -0.15) is 0 Å². The third-order valence-electron chi connectivity index (χ3n) is 5.29. The molecule has 2 fully saturated rings. The average Bonchev–Trinajstić information content (AvgIpc) is 3.22. The van der Waals surface area contributed by atoms with E-state index in [9.17, 15) is 4.79 Å². The summed E-state index contributed by atoms with van der Waals surface area (Å²) in [4.78, 5) is 18.8. The fourth-order valence-electron chi connectivity index (χ4n) is 4.05. The van der Waals surface area contributed by atoms with Gasteiger partial charge >= 0.3 is 0 Å². The van der Waals surface area contributed by atoms with Crippen molar-refractivity contribution >= 4 is 5.91 Å². The first-order chi connectivity index (χ1) is 12.5. The molecule has 0 unspecified atom stereocenters. The Morgan fingerprint density at radius 2 is 2.19 bits per heavy atom. The minimum Gasteiger partial charge on any atom is -0.491 e. The molecule has 138 valence electrons. The van der Waals surface area contributed by atoms with E-state index in [1.807, 2.05) is 42.3 Å². The molecule has 6 heteroatoms. The number of hydrogen-bond acceptors (Lipinski definition) is 4. The molecule has 26 heavy (non-hydrogen) atoms. The van der Waals surface area contributed by atoms with Crippen LogP contribution in [0.2, 0.25) is 0 Å². The molecule has 2 saturated heterocycles. The predicted molar refractivity (Wildman–Crippen MR) is 97.1 cm³/mol. The largest absolute Gasteiger partial charge is 0.491 e. The molecule has 0 saturated carbocycles. The number of aryl methyl sites for hydroxylation is 1. The van der Waals surface area contributed by atoms with Gasteiger partial charge in [0.2, 0.25) is 0 Å². The average molecular weight is 355 g/mol. The minimum atomic E-state index is -0.310. The number of fused-ring (bicyclic) bond motifs is 1. The van der Waals surface area contributed by atoms with Crippen LogP contribution in [0.4, 0.5) is 0 Å². The summed E-state index contributed by atoms with van der Waals surface area (Å²) in [6, 6.07) is 9.82. The Morgan fingerprint density at radius 1 is 1.38 bits per heavy atom. The molecule has 0 radical (unpaired) electrons. The summed E-state index contributed by atoms with van der Waals surface area (Å²) in [5.41, 5.74) is 0.204. The third-order valence-corrected chi connectivity index (χ3v) is 5.29. The maximum atomic E-state index is 12.7. The van der Waals surface area contributed by atoms with Crippen molar-refractivity contribution in [1.82, 2.24) is 14.5 Å². The van der Waals surface area contributed by atoms with Crippen molar-refractivity contribution < 1.29 is 14.3 Å². The lowest BCUT2D eigenvalue weighted by Crippen LogP contribution is -2.44. The molecule has 3 heterocycles. The van der Waals surface area contributed by atoms with Crippen LogP contribution in [0.25, 0.3) is 0 Å². The molecule has 3 atom stereocenters. The molecule has 0 bridgehead atoms. The van der Waals surface area contributed by atoms with E-state index in [1.165, 1.54) is 0 Å². The molecule has 0 spiro atoms. The van der Waals surface area contributed by atoms with E-state index in [2.05, 4.69) is 11.9 Å². The van der Waals surface area contributed by atoms with Crippen LogP contribution in [0.3, 0.4) is 0 Å². The zero-order chi connectivity index (χ0) is 18.1. The number of ether oxygens (including phenoxy) is 2. The van der Waals surface area contributed by atoms with Crippen molar-refractivity contribution in [2.45, 2.75) is 31.5 Å². The zero-order valence-electron chi connectivity index (χ0n) is 15.3. The number of amides is 1. The molecule has 2 aromatic rings. The number of hydrogen-bond donors (Lipinski definition) is 0. The minimum absolute atomic E-state index is 0.0122. The van der Waals surface area contributed by atoms with Crippen molar-refractivity contribution in [2.75, 3.05) is 19.7 Å². The van der Waals surface area contributed by atoms with Gasteiger partial charge < -0.3 is 18.9 Å². The summed E-state index contributed by atoms with van der Waals surface area (Å²) in [6.07, 6.45) is 5.40. The third kappa shape index (κ3) is 3.46. The lowest BCUT2D eigenvalue weighted by atomic mass is 9.89. The fourth-order valence-corrected chi connectivity index (χ4v) is 4.05. The lowest BCUT2D eigenvalue weighted by Gasteiger charge is -2.33. The van der Waals surface area contributed by atoms with Gasteiger partial charge in [0.15, 0.2) is 0 Å². The second kappa shape index (κ2) is 6.76. The maximum absolute atomic E-state index is 12.7. The second-order valence-electron chi connectivity index (χ2n) is 7.64. The number of carbonyl (C=O) groups is 1. The second-order valence-corrected chi connectivity index (χ2v) is 7.64. The summed E-state index contributed by atoms with van der Waals surface area (Å²) in [7, 11) is 1.87. The summed E-state index contributed by atoms with van der Waals surface area (Å²) in [5, 5.41) is 0. The summed E-state index contributed by atoms with van der Waals surface area (Å²) < 4.78 is 14.1. The standard InChI is InChI=1S/C20H25N3O3/c1-20(13-25-16-6-4-3-5-7-16)10-15-11-23(9-8-18(15)26-20)19(24)17-12-22(2)14-21-17/h3-7,12,14-15,18H,8-11,13H2,1-2H3/t15-,18+,20-/m1/s1. The van der Waals surface area contributed by atoms with E-state index in [0.29, 0.717) is 24.8 Å². The molecule has 0 aliphatic carbocycles. The van der Waals surface area contributed by atoms with Gasteiger partial charge in [-0.25, -0.2) is 4.98 Å². The van der Waals surface area contributed by atoms with Crippen molar-refractivity contribution in [3.05, 3.63) is 48.5 Å². The highest BCUT2D eigenvalue weighted by molar-refractivity contribution is 5.92. The highest BCUT2D eigenvalue weighted by Gasteiger charge is 2.47. The number of para-hydroxylation sites is 1. The quantitative estimate of drug-likeness (QED) is 0.846. The van der Waals surface area contributed by atoms with E-state index in [1.54, 1.807) is 17.1 Å². The highest BCUT2D eigenvalue weighted by Crippen LogP contribution is 2.39. The molecule has 2 aliphatic heterocycles. The molecule has 6 nitrogen and oxygen atoms in total. The van der Waals surface area contributed by atoms with E-state index >= 15 is 0 Å². The van der Waals surface area contributed by atoms with Crippen LogP contribution in [-0.2, 0) is 11.8 Å². The van der Waals surface area contributed by atoms with E-state index in [0.717, 1.165) is 25.1 Å². The Balaban J connectivity index is 1.37. The van der Waals surface area contributed by atoms with Crippen LogP contribution in [0.1, 0.15) is 30.3 Å². The fraction of sp³-hybridized carbons (Fsp3) is 0.500. The lowest BCUT2D eigenvalue weighted by molar-refractivity contribution is -0.0675. The summed E-state index contributed by atoms with van der Waals surface area (Å²) in [6.45, 7) is 4.07. The number of benzene rings is 1. The monoisotopic (exact) mass is 355 g/mol. The van der Waals surface area contributed by atoms with Gasteiger partial charge in [-0.3, -0.25) is 4.79 Å². The Kier molecular flexibility index (Phi) is 4.44. The van der Waals surface area contributed by atoms with Gasteiger partial charge in [0.1, 0.15) is 23.7 Å². The number of nitrogens with zero attached hydrogens (tertiary/aromatic N) is 3. The van der Waals surface area contributed by atoms with Gasteiger partial charge in [0.05, 0.1) is 12.4 Å². The smallest absolute Gasteiger partial charge is 0.274 e. The number of piperidine rings is 1. The molecule has 0 N–H and O–H groups in total.